The van der Waals surface area contributed by atoms with Crippen LogP contribution in [0.1, 0.15) is 6.42 Å². The number of rotatable bonds is 4. The average molecular weight is 490 g/mol. The van der Waals surface area contributed by atoms with E-state index in [4.69, 9.17) is 23.2 Å². The van der Waals surface area contributed by atoms with Crippen molar-refractivity contribution in [3.05, 3.63) is 38.5 Å². The van der Waals surface area contributed by atoms with Gasteiger partial charge in [0.2, 0.25) is 10.0 Å². The number of alkyl halides is 6. The van der Waals surface area contributed by atoms with E-state index in [-0.39, 0.29) is 13.6 Å². The van der Waals surface area contributed by atoms with Crippen LogP contribution in [0.15, 0.2) is 34.8 Å². The molecular formula is C14H11Cl2F6NO3S2. The van der Waals surface area contributed by atoms with Crippen molar-refractivity contribution in [1.29, 1.82) is 0 Å². The molecule has 1 aliphatic carbocycles. The van der Waals surface area contributed by atoms with Crippen LogP contribution in [0, 0.1) is 0 Å². The minimum absolute atomic E-state index is 0.0822. The molecule has 0 bridgehead atoms. The Balaban J connectivity index is 2.33. The van der Waals surface area contributed by atoms with Gasteiger partial charge >= 0.3 is 12.4 Å². The molecule has 1 heterocycles. The Hall–Kier alpha value is -0.790. The first kappa shape index (κ1) is 23.5. The molecule has 0 spiro atoms. The summed E-state index contributed by atoms with van der Waals surface area (Å²) in [6, 6.07) is -0.0190. The molecule has 2 rings (SSSR count). The van der Waals surface area contributed by atoms with Gasteiger partial charge in [-0.2, -0.15) is 30.6 Å². The van der Waals surface area contributed by atoms with Crippen molar-refractivity contribution in [3.8, 4) is 0 Å². The van der Waals surface area contributed by atoms with Gasteiger partial charge in [-0.05, 0) is 18.1 Å². The minimum Gasteiger partial charge on any atom is -0.370 e. The summed E-state index contributed by atoms with van der Waals surface area (Å²) in [4.78, 5) is -0.336. The van der Waals surface area contributed by atoms with Crippen LogP contribution in [-0.2, 0) is 10.0 Å². The number of halogens is 8. The van der Waals surface area contributed by atoms with Gasteiger partial charge in [-0.1, -0.05) is 41.4 Å². The zero-order chi connectivity index (χ0) is 21.7. The molecule has 1 N–H and O–H groups in total. The van der Waals surface area contributed by atoms with Gasteiger partial charge in [0.25, 0.3) is 5.60 Å². The average Bonchev–Trinajstić information content (AvgIpc) is 2.90. The molecule has 14 heteroatoms. The molecule has 158 valence electrons. The number of likely N-dealkylation sites (N-methyl/N-ethyl adjacent to an activating group) is 1. The molecule has 0 radical (unpaired) electrons. The molecule has 1 aliphatic rings. The standard InChI is InChI=1S/C14H11Cl2F6NO3S2/c1-23(28(25,26)9-6-10(15)27-11(9)16)8-4-2-7(3-5-8)12(24,13(17,18)19)14(20,21)22/h2-4,6,8,24H,5H2,1H3. The van der Waals surface area contributed by atoms with E-state index in [2.05, 4.69) is 0 Å². The van der Waals surface area contributed by atoms with Crippen molar-refractivity contribution in [3.63, 3.8) is 0 Å². The van der Waals surface area contributed by atoms with Crippen LogP contribution < -0.4 is 0 Å². The SMILES string of the molecule is CN(C1C=CC(C(O)(C(F)(F)F)C(F)(F)F)=CC1)S(=O)(=O)c1cc(Cl)sc1Cl. The third-order valence-corrected chi connectivity index (χ3v) is 7.70. The summed E-state index contributed by atoms with van der Waals surface area (Å²) in [7, 11) is -3.13. The van der Waals surface area contributed by atoms with Gasteiger partial charge < -0.3 is 5.11 Å². The van der Waals surface area contributed by atoms with E-state index in [1.54, 1.807) is 0 Å². The van der Waals surface area contributed by atoms with E-state index in [1.807, 2.05) is 0 Å². The van der Waals surface area contributed by atoms with E-state index >= 15 is 0 Å². The van der Waals surface area contributed by atoms with Gasteiger partial charge in [0.05, 0.1) is 4.34 Å². The third-order valence-electron chi connectivity index (χ3n) is 4.06. The number of thiophene rings is 1. The van der Waals surface area contributed by atoms with E-state index < -0.39 is 46.0 Å². The Kier molecular flexibility index (Phi) is 6.27. The van der Waals surface area contributed by atoms with Gasteiger partial charge in [-0.3, -0.25) is 0 Å². The molecule has 0 aromatic carbocycles. The summed E-state index contributed by atoms with van der Waals surface area (Å²) in [5.41, 5.74) is -6.51. The van der Waals surface area contributed by atoms with Crippen LogP contribution in [0.2, 0.25) is 8.67 Å². The summed E-state index contributed by atoms with van der Waals surface area (Å²) in [6.07, 6.45) is -10.8. The third kappa shape index (κ3) is 3.94. The molecule has 28 heavy (non-hydrogen) atoms. The summed E-state index contributed by atoms with van der Waals surface area (Å²) < 4.78 is 103. The lowest BCUT2D eigenvalue weighted by Gasteiger charge is -2.35. The lowest BCUT2D eigenvalue weighted by atomic mass is 9.87. The fourth-order valence-corrected chi connectivity index (χ4v) is 5.91. The molecule has 0 saturated heterocycles. The molecule has 0 fully saturated rings. The molecule has 1 atom stereocenters. The number of aliphatic hydroxyl groups is 1. The van der Waals surface area contributed by atoms with E-state index in [9.17, 15) is 39.9 Å². The van der Waals surface area contributed by atoms with Crippen molar-refractivity contribution >= 4 is 44.6 Å². The van der Waals surface area contributed by atoms with E-state index in [1.165, 1.54) is 0 Å². The van der Waals surface area contributed by atoms with Crippen molar-refractivity contribution in [2.45, 2.75) is 35.3 Å². The second-order valence-corrected chi connectivity index (χ2v) is 9.99. The molecule has 4 nitrogen and oxygen atoms in total. The number of hydrogen-bond donors (Lipinski definition) is 1. The maximum Gasteiger partial charge on any atom is 0.430 e. The van der Waals surface area contributed by atoms with E-state index in [0.29, 0.717) is 12.2 Å². The lowest BCUT2D eigenvalue weighted by Crippen LogP contribution is -2.58. The highest BCUT2D eigenvalue weighted by atomic mass is 35.5. The maximum atomic E-state index is 12.9. The Labute approximate surface area is 169 Å². The molecule has 1 aromatic heterocycles. The minimum atomic E-state index is -6.02. The van der Waals surface area contributed by atoms with Crippen molar-refractivity contribution in [2.75, 3.05) is 7.05 Å². The second-order valence-electron chi connectivity index (χ2n) is 5.74. The predicted molar refractivity (Wildman–Crippen MR) is 92.0 cm³/mol. The van der Waals surface area contributed by atoms with Gasteiger partial charge in [0.1, 0.15) is 9.23 Å². The molecule has 0 amide bonds. The van der Waals surface area contributed by atoms with Gasteiger partial charge in [0, 0.05) is 13.1 Å². The summed E-state index contributed by atoms with van der Waals surface area (Å²) in [5.74, 6) is 0. The van der Waals surface area contributed by atoms with Crippen LogP contribution >= 0.6 is 34.5 Å². The molecule has 0 saturated carbocycles. The Morgan fingerprint density at radius 1 is 1.18 bits per heavy atom. The Morgan fingerprint density at radius 2 is 1.71 bits per heavy atom. The van der Waals surface area contributed by atoms with Crippen molar-refractivity contribution in [2.24, 2.45) is 0 Å². The van der Waals surface area contributed by atoms with Crippen LogP contribution in [0.25, 0.3) is 0 Å². The van der Waals surface area contributed by atoms with Crippen LogP contribution in [0.3, 0.4) is 0 Å². The predicted octanol–water partition coefficient (Wildman–Crippen LogP) is 4.79. The number of hydrogen-bond acceptors (Lipinski definition) is 4. The van der Waals surface area contributed by atoms with Crippen LogP contribution in [0.5, 0.6) is 0 Å². The number of nitrogens with zero attached hydrogens (tertiary/aromatic N) is 1. The van der Waals surface area contributed by atoms with Crippen molar-refractivity contribution < 1.29 is 39.9 Å². The molecule has 0 aliphatic heterocycles. The fourth-order valence-electron chi connectivity index (χ4n) is 2.47. The van der Waals surface area contributed by atoms with Gasteiger partial charge in [-0.15, -0.1) is 11.3 Å². The first-order valence-corrected chi connectivity index (χ1v) is 10.2. The first-order valence-electron chi connectivity index (χ1n) is 7.21. The van der Waals surface area contributed by atoms with Gasteiger partial charge in [-0.25, -0.2) is 8.42 Å². The first-order chi connectivity index (χ1) is 12.5. The Morgan fingerprint density at radius 3 is 2.07 bits per heavy atom. The summed E-state index contributed by atoms with van der Waals surface area (Å²) in [5, 5.41) is 9.38. The fraction of sp³-hybridized carbons (Fsp3) is 0.429. The summed E-state index contributed by atoms with van der Waals surface area (Å²) >= 11 is 12.3. The van der Waals surface area contributed by atoms with E-state index in [0.717, 1.165) is 34.8 Å². The highest BCUT2D eigenvalue weighted by Gasteiger charge is 2.71. The van der Waals surface area contributed by atoms with Crippen molar-refractivity contribution in [1.82, 2.24) is 4.31 Å². The molecular weight excluding hydrogens is 479 g/mol. The topological polar surface area (TPSA) is 57.6 Å². The highest BCUT2D eigenvalue weighted by Crippen LogP contribution is 2.49. The zero-order valence-corrected chi connectivity index (χ0v) is 16.8. The normalized spacial score (nSPS) is 19.2. The van der Waals surface area contributed by atoms with Crippen LogP contribution in [-0.4, -0.2) is 48.9 Å². The second kappa shape index (κ2) is 7.47. The Bertz CT molecular complexity index is 906. The highest BCUT2D eigenvalue weighted by molar-refractivity contribution is 7.89. The van der Waals surface area contributed by atoms with Gasteiger partial charge in [0.15, 0.2) is 0 Å². The number of sulfonamides is 1. The quantitative estimate of drug-likeness (QED) is 0.618. The monoisotopic (exact) mass is 489 g/mol. The molecule has 1 aromatic rings. The zero-order valence-electron chi connectivity index (χ0n) is 13.6. The smallest absolute Gasteiger partial charge is 0.370 e. The summed E-state index contributed by atoms with van der Waals surface area (Å²) in [6.45, 7) is 0. The maximum absolute atomic E-state index is 12.9. The lowest BCUT2D eigenvalue weighted by molar-refractivity contribution is -0.351. The van der Waals surface area contributed by atoms with Crippen LogP contribution in [0.4, 0.5) is 26.3 Å². The molecule has 1 unspecified atom stereocenters. The largest absolute Gasteiger partial charge is 0.430 e.